The lowest BCUT2D eigenvalue weighted by atomic mass is 9.86. The fourth-order valence-electron chi connectivity index (χ4n) is 4.61. The van der Waals surface area contributed by atoms with Crippen LogP contribution in [0.15, 0.2) is 18.3 Å². The second kappa shape index (κ2) is 6.76. The molecule has 28 heavy (non-hydrogen) atoms. The Morgan fingerprint density at radius 3 is 2.29 bits per heavy atom. The highest BCUT2D eigenvalue weighted by Crippen LogP contribution is 2.39. The van der Waals surface area contributed by atoms with E-state index in [4.69, 9.17) is 0 Å². The molecule has 148 valence electrons. The number of nitrogens with one attached hydrogen (secondary N) is 1. The molecule has 2 N–H and O–H groups in total. The van der Waals surface area contributed by atoms with E-state index in [2.05, 4.69) is 16.5 Å². The number of aromatic nitrogens is 2. The Hall–Kier alpha value is -2.63. The Kier molecular flexibility index (Phi) is 4.52. The van der Waals surface area contributed by atoms with Gasteiger partial charge >= 0.3 is 5.97 Å². The molecule has 2 atom stereocenters. The van der Waals surface area contributed by atoms with Crippen LogP contribution in [0.25, 0.3) is 0 Å². The van der Waals surface area contributed by atoms with E-state index in [1.807, 2.05) is 0 Å². The van der Waals surface area contributed by atoms with Crippen LogP contribution in [-0.4, -0.2) is 26.8 Å². The minimum atomic E-state index is -1.46. The van der Waals surface area contributed by atoms with Crippen LogP contribution in [0, 0.1) is 12.8 Å². The average molecular weight is 381 g/mol. The summed E-state index contributed by atoms with van der Waals surface area (Å²) in [4.78, 5) is 25.4. The normalized spacial score (nSPS) is 18.2. The van der Waals surface area contributed by atoms with Crippen LogP contribution in [0.4, 0.5) is 5.69 Å². The maximum absolute atomic E-state index is 13.2. The van der Waals surface area contributed by atoms with Gasteiger partial charge in [0, 0.05) is 11.9 Å². The van der Waals surface area contributed by atoms with Gasteiger partial charge < -0.3 is 10.4 Å². The summed E-state index contributed by atoms with van der Waals surface area (Å²) in [5.74, 6) is -2.13. The van der Waals surface area contributed by atoms with E-state index in [1.165, 1.54) is 26.9 Å². The number of aryl methyl sites for hydroxylation is 3. The number of nitrogens with zero attached hydrogens (tertiary/aromatic N) is 2. The number of hydrogen-bond acceptors (Lipinski definition) is 3. The topological polar surface area (TPSA) is 84.2 Å². The lowest BCUT2D eigenvalue weighted by Crippen LogP contribution is -2.49. The zero-order valence-electron chi connectivity index (χ0n) is 16.7. The van der Waals surface area contributed by atoms with Gasteiger partial charge in [0.2, 0.25) is 5.91 Å². The van der Waals surface area contributed by atoms with Crippen molar-refractivity contribution in [2.45, 2.75) is 64.8 Å². The molecule has 0 bridgehead atoms. The number of aliphatic carboxylic acids is 1. The third kappa shape index (κ3) is 2.82. The number of amides is 1. The summed E-state index contributed by atoms with van der Waals surface area (Å²) < 4.78 is 1.40. The molecule has 0 saturated carbocycles. The van der Waals surface area contributed by atoms with Gasteiger partial charge in [-0.2, -0.15) is 5.10 Å². The Labute approximate surface area is 164 Å². The number of anilines is 1. The van der Waals surface area contributed by atoms with E-state index in [-0.39, 0.29) is 5.91 Å². The van der Waals surface area contributed by atoms with Gasteiger partial charge in [0.1, 0.15) is 0 Å². The number of fused-ring (bicyclic) bond motifs is 2. The van der Waals surface area contributed by atoms with Crippen LogP contribution in [-0.2, 0) is 40.8 Å². The number of carbonyl (C=O) groups is 2. The van der Waals surface area contributed by atoms with Gasteiger partial charge in [0.25, 0.3) is 0 Å². The molecule has 2 aromatic rings. The summed E-state index contributed by atoms with van der Waals surface area (Å²) in [6.45, 7) is 5.04. The predicted octanol–water partition coefficient (Wildman–Crippen LogP) is 3.24. The van der Waals surface area contributed by atoms with Gasteiger partial charge in [-0.25, -0.2) is 4.79 Å². The molecule has 0 spiro atoms. The van der Waals surface area contributed by atoms with Crippen molar-refractivity contribution in [3.8, 4) is 0 Å². The van der Waals surface area contributed by atoms with E-state index < -0.39 is 17.4 Å². The first kappa shape index (κ1) is 18.7. The molecular weight excluding hydrogens is 354 g/mol. The zero-order valence-corrected chi connectivity index (χ0v) is 16.7. The predicted molar refractivity (Wildman–Crippen MR) is 107 cm³/mol. The van der Waals surface area contributed by atoms with Crippen molar-refractivity contribution in [3.63, 3.8) is 0 Å². The smallest absolute Gasteiger partial charge is 0.332 e. The highest BCUT2D eigenvalue weighted by molar-refractivity contribution is 5.98. The summed E-state index contributed by atoms with van der Waals surface area (Å²) >= 11 is 0. The van der Waals surface area contributed by atoms with E-state index in [0.29, 0.717) is 0 Å². The average Bonchev–Trinajstić information content (AvgIpc) is 3.40. The second-order valence-corrected chi connectivity index (χ2v) is 8.30. The fourth-order valence-corrected chi connectivity index (χ4v) is 4.61. The highest BCUT2D eigenvalue weighted by atomic mass is 16.4. The molecule has 0 saturated heterocycles. The number of carboxylic acid groups (broad SMARTS) is 1. The maximum atomic E-state index is 13.2. The Morgan fingerprint density at radius 1 is 1.18 bits per heavy atom. The minimum Gasteiger partial charge on any atom is -0.479 e. The van der Waals surface area contributed by atoms with E-state index >= 15 is 0 Å². The molecule has 1 aromatic carbocycles. The Balaban J connectivity index is 1.68. The summed E-state index contributed by atoms with van der Waals surface area (Å²) in [7, 11) is 0. The van der Waals surface area contributed by atoms with Gasteiger partial charge in [-0.05, 0) is 80.7 Å². The highest BCUT2D eigenvalue weighted by Gasteiger charge is 2.46. The minimum absolute atomic E-state index is 0.271. The number of hydrogen-bond donors (Lipinski definition) is 2. The van der Waals surface area contributed by atoms with E-state index in [0.717, 1.165) is 49.9 Å². The number of rotatable bonds is 5. The van der Waals surface area contributed by atoms with Crippen LogP contribution in [0.5, 0.6) is 0 Å². The summed E-state index contributed by atoms with van der Waals surface area (Å²) in [6.07, 6.45) is 7.90. The molecule has 1 heterocycles. The number of benzene rings is 1. The molecule has 0 fully saturated rings. The molecule has 6 nitrogen and oxygen atoms in total. The first-order valence-electron chi connectivity index (χ1n) is 10.1. The van der Waals surface area contributed by atoms with Gasteiger partial charge in [-0.1, -0.05) is 13.0 Å². The van der Waals surface area contributed by atoms with Gasteiger partial charge in [-0.3, -0.25) is 9.48 Å². The monoisotopic (exact) mass is 381 g/mol. The van der Waals surface area contributed by atoms with Gasteiger partial charge in [-0.15, -0.1) is 0 Å². The van der Waals surface area contributed by atoms with Gasteiger partial charge in [0.05, 0.1) is 11.6 Å². The van der Waals surface area contributed by atoms with Crippen molar-refractivity contribution in [3.05, 3.63) is 46.3 Å². The standard InChI is InChI=1S/C22H27N3O3/c1-13-10-11-25(24-13)22(3,21(27)28)14(2)20(26)23-19-17-8-4-6-15(17)12-16-7-5-9-18(16)19/h10-12,14H,4-9H2,1-3H3,(H,23,26)(H,27,28). The fraction of sp³-hybridized carbons (Fsp3) is 0.500. The third-order valence-corrected chi connectivity index (χ3v) is 6.59. The molecule has 2 aliphatic carbocycles. The lowest BCUT2D eigenvalue weighted by Gasteiger charge is -2.31. The Bertz CT molecular complexity index is 930. The molecule has 6 heteroatoms. The van der Waals surface area contributed by atoms with Crippen molar-refractivity contribution < 1.29 is 14.7 Å². The largest absolute Gasteiger partial charge is 0.479 e. The maximum Gasteiger partial charge on any atom is 0.332 e. The first-order chi connectivity index (χ1) is 13.3. The SMILES string of the molecule is Cc1ccn(C(C)(C(=O)O)C(C)C(=O)Nc2c3c(cc4c2CCC4)CCC3)n1. The third-order valence-electron chi connectivity index (χ3n) is 6.59. The molecule has 0 aliphatic heterocycles. The molecule has 0 radical (unpaired) electrons. The van der Waals surface area contributed by atoms with Crippen molar-refractivity contribution in [1.82, 2.24) is 9.78 Å². The quantitative estimate of drug-likeness (QED) is 0.833. The number of carboxylic acids is 1. The molecule has 2 aliphatic rings. The zero-order chi connectivity index (χ0) is 20.1. The van der Waals surface area contributed by atoms with Crippen molar-refractivity contribution in [2.24, 2.45) is 5.92 Å². The van der Waals surface area contributed by atoms with Gasteiger partial charge in [0.15, 0.2) is 5.54 Å². The summed E-state index contributed by atoms with van der Waals surface area (Å²) in [6, 6.07) is 4.07. The second-order valence-electron chi connectivity index (χ2n) is 8.30. The van der Waals surface area contributed by atoms with Crippen LogP contribution < -0.4 is 5.32 Å². The first-order valence-corrected chi connectivity index (χ1v) is 10.1. The molecule has 1 aromatic heterocycles. The molecule has 1 amide bonds. The van der Waals surface area contributed by atoms with E-state index in [9.17, 15) is 14.7 Å². The Morgan fingerprint density at radius 2 is 1.79 bits per heavy atom. The van der Waals surface area contributed by atoms with Crippen LogP contribution in [0.2, 0.25) is 0 Å². The van der Waals surface area contributed by atoms with Crippen molar-refractivity contribution in [1.29, 1.82) is 0 Å². The van der Waals surface area contributed by atoms with Crippen LogP contribution >= 0.6 is 0 Å². The summed E-state index contributed by atoms with van der Waals surface area (Å²) in [5.41, 5.74) is 5.38. The molecule has 2 unspecified atom stereocenters. The lowest BCUT2D eigenvalue weighted by molar-refractivity contribution is -0.152. The number of carbonyl (C=O) groups excluding carboxylic acids is 1. The molecular formula is C22H27N3O3. The van der Waals surface area contributed by atoms with E-state index in [1.54, 1.807) is 33.0 Å². The van der Waals surface area contributed by atoms with Crippen molar-refractivity contribution >= 4 is 17.6 Å². The van der Waals surface area contributed by atoms with Crippen LogP contribution in [0.1, 0.15) is 54.6 Å². The van der Waals surface area contributed by atoms with Crippen LogP contribution in [0.3, 0.4) is 0 Å². The van der Waals surface area contributed by atoms with Crippen molar-refractivity contribution in [2.75, 3.05) is 5.32 Å². The summed E-state index contributed by atoms with van der Waals surface area (Å²) in [5, 5.41) is 17.4. The molecule has 4 rings (SSSR count).